The summed E-state index contributed by atoms with van der Waals surface area (Å²) in [5, 5.41) is 3.54. The van der Waals surface area contributed by atoms with Gasteiger partial charge in [0.15, 0.2) is 0 Å². The Kier molecular flexibility index (Phi) is 2.87. The number of ether oxygens (including phenoxy) is 1. The molecule has 2 unspecified atom stereocenters. The molecule has 0 radical (unpaired) electrons. The van der Waals surface area contributed by atoms with Crippen molar-refractivity contribution < 1.29 is 4.74 Å². The van der Waals surface area contributed by atoms with Crippen molar-refractivity contribution in [1.82, 2.24) is 0 Å². The Morgan fingerprint density at radius 1 is 1.21 bits per heavy atom. The Hall–Kier alpha value is -1.22. The second-order valence-electron chi connectivity index (χ2n) is 5.97. The molecule has 2 aliphatic heterocycles. The maximum atomic E-state index is 5.91. The largest absolute Gasteiger partial charge is 0.385 e. The fraction of sp³-hybridized carbons (Fsp3) is 0.625. The molecule has 1 N–H and O–H groups in total. The van der Waals surface area contributed by atoms with Gasteiger partial charge < -0.3 is 15.0 Å². The summed E-state index contributed by atoms with van der Waals surface area (Å²) in [6.45, 7) is 3.04. The van der Waals surface area contributed by atoms with Gasteiger partial charge >= 0.3 is 0 Å². The zero-order valence-corrected chi connectivity index (χ0v) is 11.4. The summed E-state index contributed by atoms with van der Waals surface area (Å²) in [7, 11) is 0. The molecule has 2 atom stereocenters. The molecule has 3 aliphatic rings. The number of hydrogen-bond donors (Lipinski definition) is 1. The van der Waals surface area contributed by atoms with Crippen LogP contribution in [0.25, 0.3) is 0 Å². The molecule has 4 rings (SSSR count). The van der Waals surface area contributed by atoms with Crippen LogP contribution in [0.2, 0.25) is 0 Å². The van der Waals surface area contributed by atoms with Crippen molar-refractivity contribution in [3.8, 4) is 0 Å². The van der Waals surface area contributed by atoms with Gasteiger partial charge in [-0.05, 0) is 49.8 Å². The van der Waals surface area contributed by atoms with Gasteiger partial charge in [-0.15, -0.1) is 0 Å². The highest BCUT2D eigenvalue weighted by Gasteiger charge is 2.36. The fourth-order valence-corrected chi connectivity index (χ4v) is 3.87. The monoisotopic (exact) mass is 258 g/mol. The summed E-state index contributed by atoms with van der Waals surface area (Å²) in [4.78, 5) is 2.58. The molecule has 3 nitrogen and oxygen atoms in total. The summed E-state index contributed by atoms with van der Waals surface area (Å²) < 4.78 is 5.91. The minimum Gasteiger partial charge on any atom is -0.385 e. The molecule has 0 amide bonds. The molecule has 19 heavy (non-hydrogen) atoms. The lowest BCUT2D eigenvalue weighted by molar-refractivity contribution is 0.0256. The first kappa shape index (κ1) is 11.6. The maximum Gasteiger partial charge on any atom is 0.0779 e. The number of anilines is 2. The number of nitrogens with zero attached hydrogens (tertiary/aromatic N) is 1. The lowest BCUT2D eigenvalue weighted by Gasteiger charge is -2.39. The van der Waals surface area contributed by atoms with Crippen LogP contribution in [0.4, 0.5) is 11.4 Å². The first-order chi connectivity index (χ1) is 9.42. The third-order valence-corrected chi connectivity index (χ3v) is 4.85. The molecular weight excluding hydrogens is 236 g/mol. The third-order valence-electron chi connectivity index (χ3n) is 4.85. The van der Waals surface area contributed by atoms with E-state index in [-0.39, 0.29) is 0 Å². The van der Waals surface area contributed by atoms with E-state index in [1.165, 1.54) is 49.0 Å². The topological polar surface area (TPSA) is 24.5 Å². The van der Waals surface area contributed by atoms with Crippen molar-refractivity contribution in [2.45, 2.75) is 44.2 Å². The van der Waals surface area contributed by atoms with E-state index in [9.17, 15) is 0 Å². The summed E-state index contributed by atoms with van der Waals surface area (Å²) in [6.07, 6.45) is 6.79. The molecule has 1 aromatic rings. The number of rotatable bonds is 1. The molecule has 1 saturated carbocycles. The van der Waals surface area contributed by atoms with Gasteiger partial charge in [0.2, 0.25) is 0 Å². The van der Waals surface area contributed by atoms with E-state index < -0.39 is 0 Å². The molecule has 1 aromatic carbocycles. The number of hydrogen-bond acceptors (Lipinski definition) is 3. The second-order valence-corrected chi connectivity index (χ2v) is 5.97. The van der Waals surface area contributed by atoms with Gasteiger partial charge in [-0.2, -0.15) is 0 Å². The smallest absolute Gasteiger partial charge is 0.0779 e. The number of morpholine rings is 1. The van der Waals surface area contributed by atoms with Crippen LogP contribution in [0.15, 0.2) is 18.2 Å². The highest BCUT2D eigenvalue weighted by molar-refractivity contribution is 5.64. The summed E-state index contributed by atoms with van der Waals surface area (Å²) in [5.74, 6) is 0. The summed E-state index contributed by atoms with van der Waals surface area (Å²) in [6, 6.07) is 7.59. The lowest BCUT2D eigenvalue weighted by atomic mass is 10.0. The third kappa shape index (κ3) is 2.00. The lowest BCUT2D eigenvalue weighted by Crippen LogP contribution is -2.48. The predicted molar refractivity (Wildman–Crippen MR) is 78.0 cm³/mol. The van der Waals surface area contributed by atoms with E-state index in [0.717, 1.165) is 19.7 Å². The molecule has 2 fully saturated rings. The summed E-state index contributed by atoms with van der Waals surface area (Å²) >= 11 is 0. The molecule has 102 valence electrons. The van der Waals surface area contributed by atoms with Gasteiger partial charge in [0.05, 0.1) is 18.8 Å². The zero-order valence-electron chi connectivity index (χ0n) is 11.4. The molecule has 2 heterocycles. The van der Waals surface area contributed by atoms with Crippen LogP contribution in [0.5, 0.6) is 0 Å². The van der Waals surface area contributed by atoms with E-state index in [2.05, 4.69) is 28.4 Å². The molecule has 1 aliphatic carbocycles. The van der Waals surface area contributed by atoms with Crippen molar-refractivity contribution in [1.29, 1.82) is 0 Å². The SMILES string of the molecule is c1cc2c(cc1N1CCOC3CCCC31)NCCC2. The Labute approximate surface area is 114 Å². The van der Waals surface area contributed by atoms with Gasteiger partial charge in [0, 0.05) is 24.5 Å². The quantitative estimate of drug-likeness (QED) is 0.838. The first-order valence-electron chi connectivity index (χ1n) is 7.67. The average Bonchev–Trinajstić information content (AvgIpc) is 2.95. The number of nitrogens with one attached hydrogen (secondary N) is 1. The number of aryl methyl sites for hydroxylation is 1. The Morgan fingerprint density at radius 3 is 3.21 bits per heavy atom. The average molecular weight is 258 g/mol. The van der Waals surface area contributed by atoms with Gasteiger partial charge in [-0.25, -0.2) is 0 Å². The normalized spacial score (nSPS) is 29.6. The van der Waals surface area contributed by atoms with Crippen LogP contribution in [0.1, 0.15) is 31.2 Å². The van der Waals surface area contributed by atoms with E-state index in [1.807, 2.05) is 0 Å². The molecule has 3 heteroatoms. The standard InChI is InChI=1S/C16H22N2O/c1-4-15-16(5-1)19-10-9-18(15)13-7-6-12-3-2-8-17-14(12)11-13/h6-7,11,15-17H,1-5,8-10H2. The number of fused-ring (bicyclic) bond motifs is 2. The van der Waals surface area contributed by atoms with Crippen LogP contribution in [-0.2, 0) is 11.2 Å². The van der Waals surface area contributed by atoms with Crippen molar-refractivity contribution in [3.63, 3.8) is 0 Å². The van der Waals surface area contributed by atoms with Crippen LogP contribution < -0.4 is 10.2 Å². The minimum absolute atomic E-state index is 0.470. The molecular formula is C16H22N2O. The van der Waals surface area contributed by atoms with Gasteiger partial charge in [-0.1, -0.05) is 6.07 Å². The second kappa shape index (κ2) is 4.71. The molecule has 0 aromatic heterocycles. The Bertz CT molecular complexity index is 474. The van der Waals surface area contributed by atoms with Crippen LogP contribution in [0, 0.1) is 0 Å². The summed E-state index contributed by atoms with van der Waals surface area (Å²) in [5.41, 5.74) is 4.21. The van der Waals surface area contributed by atoms with E-state index in [1.54, 1.807) is 0 Å². The van der Waals surface area contributed by atoms with E-state index >= 15 is 0 Å². The van der Waals surface area contributed by atoms with Crippen LogP contribution in [0.3, 0.4) is 0 Å². The highest BCUT2D eigenvalue weighted by atomic mass is 16.5. The van der Waals surface area contributed by atoms with Crippen molar-refractivity contribution in [2.24, 2.45) is 0 Å². The zero-order chi connectivity index (χ0) is 12.7. The fourth-order valence-electron chi connectivity index (χ4n) is 3.87. The minimum atomic E-state index is 0.470. The van der Waals surface area contributed by atoms with Gasteiger partial charge in [0.1, 0.15) is 0 Å². The predicted octanol–water partition coefficient (Wildman–Crippen LogP) is 2.80. The van der Waals surface area contributed by atoms with E-state index in [4.69, 9.17) is 4.74 Å². The van der Waals surface area contributed by atoms with E-state index in [0.29, 0.717) is 12.1 Å². The van der Waals surface area contributed by atoms with Crippen molar-refractivity contribution >= 4 is 11.4 Å². The highest BCUT2D eigenvalue weighted by Crippen LogP contribution is 2.35. The number of benzene rings is 1. The van der Waals surface area contributed by atoms with Crippen LogP contribution >= 0.6 is 0 Å². The maximum absolute atomic E-state index is 5.91. The van der Waals surface area contributed by atoms with Gasteiger partial charge in [0.25, 0.3) is 0 Å². The Balaban J connectivity index is 1.64. The molecule has 1 saturated heterocycles. The molecule has 0 spiro atoms. The first-order valence-corrected chi connectivity index (χ1v) is 7.67. The van der Waals surface area contributed by atoms with Crippen molar-refractivity contribution in [2.75, 3.05) is 29.9 Å². The molecule has 0 bridgehead atoms. The Morgan fingerprint density at radius 2 is 2.21 bits per heavy atom. The van der Waals surface area contributed by atoms with Crippen LogP contribution in [-0.4, -0.2) is 31.8 Å². The van der Waals surface area contributed by atoms with Gasteiger partial charge in [-0.3, -0.25) is 0 Å². The van der Waals surface area contributed by atoms with Crippen molar-refractivity contribution in [3.05, 3.63) is 23.8 Å².